The predicted octanol–water partition coefficient (Wildman–Crippen LogP) is 2.11. The molecule has 1 amide bonds. The molecule has 1 aliphatic rings. The van der Waals surface area contributed by atoms with Gasteiger partial charge in [0.05, 0.1) is 6.61 Å². The van der Waals surface area contributed by atoms with E-state index < -0.39 is 0 Å². The quantitative estimate of drug-likeness (QED) is 0.845. The molecule has 1 saturated heterocycles. The molecular weight excluding hydrogens is 284 g/mol. The Morgan fingerprint density at radius 1 is 1.52 bits per heavy atom. The van der Waals surface area contributed by atoms with Gasteiger partial charge in [-0.2, -0.15) is 11.8 Å². The summed E-state index contributed by atoms with van der Waals surface area (Å²) in [6.45, 7) is 6.16. The summed E-state index contributed by atoms with van der Waals surface area (Å²) < 4.78 is 5.63. The first-order chi connectivity index (χ1) is 10.2. The van der Waals surface area contributed by atoms with Crippen LogP contribution in [0.3, 0.4) is 0 Å². The smallest absolute Gasteiger partial charge is 0.221 e. The summed E-state index contributed by atoms with van der Waals surface area (Å²) in [6.07, 6.45) is 0.544. The van der Waals surface area contributed by atoms with Gasteiger partial charge >= 0.3 is 0 Å². The number of hydrogen-bond acceptors (Lipinski definition) is 4. The maximum Gasteiger partial charge on any atom is 0.221 e. The van der Waals surface area contributed by atoms with Crippen LogP contribution < -0.4 is 15.4 Å². The van der Waals surface area contributed by atoms with Crippen molar-refractivity contribution in [3.63, 3.8) is 0 Å². The molecule has 0 spiro atoms. The molecule has 21 heavy (non-hydrogen) atoms. The maximum absolute atomic E-state index is 12.0. The first-order valence-corrected chi connectivity index (χ1v) is 8.64. The van der Waals surface area contributed by atoms with Crippen LogP contribution in [0.5, 0.6) is 5.75 Å². The van der Waals surface area contributed by atoms with Crippen LogP contribution >= 0.6 is 11.8 Å². The Labute approximate surface area is 131 Å². The molecule has 0 aromatic heterocycles. The van der Waals surface area contributed by atoms with Crippen molar-refractivity contribution in [2.45, 2.75) is 32.9 Å². The summed E-state index contributed by atoms with van der Waals surface area (Å²) >= 11 is 1.91. The van der Waals surface area contributed by atoms with Crippen molar-refractivity contribution in [2.24, 2.45) is 0 Å². The van der Waals surface area contributed by atoms with Crippen LogP contribution in [0, 0.1) is 6.92 Å². The highest BCUT2D eigenvalue weighted by Gasteiger charge is 2.16. The van der Waals surface area contributed by atoms with E-state index in [0.29, 0.717) is 25.6 Å². The molecule has 2 N–H and O–H groups in total. The van der Waals surface area contributed by atoms with E-state index in [1.54, 1.807) is 0 Å². The molecule has 1 heterocycles. The van der Waals surface area contributed by atoms with Gasteiger partial charge in [0, 0.05) is 42.6 Å². The molecular formula is C16H24N2O2S. The van der Waals surface area contributed by atoms with E-state index in [4.69, 9.17) is 4.74 Å². The monoisotopic (exact) mass is 308 g/mol. The van der Waals surface area contributed by atoms with Gasteiger partial charge in [0.2, 0.25) is 5.91 Å². The lowest BCUT2D eigenvalue weighted by Crippen LogP contribution is -2.41. The minimum absolute atomic E-state index is 0.0954. The second-order valence-electron chi connectivity index (χ2n) is 5.25. The zero-order chi connectivity index (χ0) is 15.1. The van der Waals surface area contributed by atoms with E-state index in [9.17, 15) is 4.79 Å². The summed E-state index contributed by atoms with van der Waals surface area (Å²) in [4.78, 5) is 12.0. The van der Waals surface area contributed by atoms with Crippen molar-refractivity contribution >= 4 is 17.7 Å². The Balaban J connectivity index is 1.85. The van der Waals surface area contributed by atoms with E-state index in [-0.39, 0.29) is 5.91 Å². The summed E-state index contributed by atoms with van der Waals surface area (Å²) in [7, 11) is 0. The zero-order valence-electron chi connectivity index (χ0n) is 12.8. The van der Waals surface area contributed by atoms with E-state index >= 15 is 0 Å². The first kappa shape index (κ1) is 16.2. The average molecular weight is 308 g/mol. The lowest BCUT2D eigenvalue weighted by Gasteiger charge is -2.22. The number of ether oxygens (including phenoxy) is 1. The fourth-order valence-electron chi connectivity index (χ4n) is 2.34. The van der Waals surface area contributed by atoms with Crippen molar-refractivity contribution in [3.05, 3.63) is 29.3 Å². The zero-order valence-corrected chi connectivity index (χ0v) is 13.6. The maximum atomic E-state index is 12.0. The lowest BCUT2D eigenvalue weighted by atomic mass is 10.1. The molecule has 0 aliphatic carbocycles. The Hall–Kier alpha value is -1.20. The average Bonchev–Trinajstić information content (AvgIpc) is 2.48. The van der Waals surface area contributed by atoms with Gasteiger partial charge in [0.1, 0.15) is 5.75 Å². The molecule has 0 bridgehead atoms. The van der Waals surface area contributed by atoms with Crippen molar-refractivity contribution in [2.75, 3.05) is 24.7 Å². The van der Waals surface area contributed by atoms with Crippen LogP contribution in [0.1, 0.15) is 24.5 Å². The van der Waals surface area contributed by atoms with Crippen LogP contribution in [-0.2, 0) is 11.3 Å². The van der Waals surface area contributed by atoms with Crippen molar-refractivity contribution in [1.29, 1.82) is 0 Å². The van der Waals surface area contributed by atoms with Gasteiger partial charge in [0.25, 0.3) is 0 Å². The van der Waals surface area contributed by atoms with Gasteiger partial charge in [-0.1, -0.05) is 12.1 Å². The minimum atomic E-state index is 0.0954. The molecule has 2 rings (SSSR count). The highest BCUT2D eigenvalue weighted by atomic mass is 32.2. The summed E-state index contributed by atoms with van der Waals surface area (Å²) in [5.74, 6) is 3.11. The van der Waals surface area contributed by atoms with Gasteiger partial charge in [-0.15, -0.1) is 0 Å². The fourth-order valence-corrected chi connectivity index (χ4v) is 3.29. The molecule has 1 unspecified atom stereocenters. The molecule has 1 atom stereocenters. The van der Waals surface area contributed by atoms with Crippen LogP contribution in [0.25, 0.3) is 0 Å². The number of aryl methyl sites for hydroxylation is 1. The molecule has 116 valence electrons. The number of rotatable bonds is 6. The molecule has 4 nitrogen and oxygen atoms in total. The summed E-state index contributed by atoms with van der Waals surface area (Å²) in [5.41, 5.74) is 2.19. The fraction of sp³-hybridized carbons (Fsp3) is 0.562. The van der Waals surface area contributed by atoms with Gasteiger partial charge in [-0.05, 0) is 25.5 Å². The Kier molecular flexibility index (Phi) is 6.39. The van der Waals surface area contributed by atoms with E-state index in [0.717, 1.165) is 34.9 Å². The highest BCUT2D eigenvalue weighted by Crippen LogP contribution is 2.20. The molecule has 0 radical (unpaired) electrons. The minimum Gasteiger partial charge on any atom is -0.494 e. The summed E-state index contributed by atoms with van der Waals surface area (Å²) in [5, 5.41) is 6.38. The Morgan fingerprint density at radius 3 is 3.10 bits per heavy atom. The van der Waals surface area contributed by atoms with Gasteiger partial charge in [-0.25, -0.2) is 0 Å². The van der Waals surface area contributed by atoms with E-state index in [1.165, 1.54) is 0 Å². The third-order valence-electron chi connectivity index (χ3n) is 3.43. The molecule has 0 saturated carbocycles. The number of benzene rings is 1. The third-order valence-corrected chi connectivity index (χ3v) is 4.56. The third kappa shape index (κ3) is 5.25. The highest BCUT2D eigenvalue weighted by molar-refractivity contribution is 7.99. The predicted molar refractivity (Wildman–Crippen MR) is 87.9 cm³/mol. The molecule has 5 heteroatoms. The topological polar surface area (TPSA) is 50.4 Å². The number of thioether (sulfide) groups is 1. The first-order valence-electron chi connectivity index (χ1n) is 7.49. The summed E-state index contributed by atoms with van der Waals surface area (Å²) in [6, 6.07) is 6.39. The molecule has 1 fully saturated rings. The largest absolute Gasteiger partial charge is 0.494 e. The van der Waals surface area contributed by atoms with Crippen LogP contribution in [0.15, 0.2) is 18.2 Å². The van der Waals surface area contributed by atoms with Crippen molar-refractivity contribution < 1.29 is 9.53 Å². The van der Waals surface area contributed by atoms with Crippen LogP contribution in [-0.4, -0.2) is 36.6 Å². The second kappa shape index (κ2) is 8.29. The van der Waals surface area contributed by atoms with E-state index in [1.807, 2.05) is 43.8 Å². The number of carbonyl (C=O) groups is 1. The van der Waals surface area contributed by atoms with Gasteiger partial charge in [-0.3, -0.25) is 4.79 Å². The van der Waals surface area contributed by atoms with Gasteiger partial charge in [0.15, 0.2) is 0 Å². The normalized spacial score (nSPS) is 18.3. The SMILES string of the molecule is CCOc1cc(C)ccc1CNC(=O)CC1CSCCN1. The molecule has 1 aromatic rings. The van der Waals surface area contributed by atoms with Crippen LogP contribution in [0.4, 0.5) is 0 Å². The number of hydrogen-bond donors (Lipinski definition) is 2. The molecule has 1 aliphatic heterocycles. The van der Waals surface area contributed by atoms with Crippen molar-refractivity contribution in [1.82, 2.24) is 10.6 Å². The number of nitrogens with one attached hydrogen (secondary N) is 2. The Bertz CT molecular complexity index is 473. The van der Waals surface area contributed by atoms with Gasteiger partial charge < -0.3 is 15.4 Å². The molecule has 1 aromatic carbocycles. The Morgan fingerprint density at radius 2 is 2.38 bits per heavy atom. The standard InChI is InChI=1S/C16H24N2O2S/c1-3-20-15-8-12(2)4-5-13(15)10-18-16(19)9-14-11-21-7-6-17-14/h4-5,8,14,17H,3,6-7,9-11H2,1-2H3,(H,18,19). The van der Waals surface area contributed by atoms with Crippen LogP contribution in [0.2, 0.25) is 0 Å². The number of amides is 1. The lowest BCUT2D eigenvalue weighted by molar-refractivity contribution is -0.121. The van der Waals surface area contributed by atoms with E-state index in [2.05, 4.69) is 10.6 Å². The second-order valence-corrected chi connectivity index (χ2v) is 6.40. The van der Waals surface area contributed by atoms with Crippen molar-refractivity contribution in [3.8, 4) is 5.75 Å². The number of carbonyl (C=O) groups excluding carboxylic acids is 1.